The van der Waals surface area contributed by atoms with Crippen LogP contribution in [0.3, 0.4) is 0 Å². The first kappa shape index (κ1) is 18.1. The standard InChI is InChI=1S/C19H27FN2O3/c1-24-7-8-25-17-6-5-15(11-16(17)20)22-19(23)14-9-12-3-2-4-13(10-14)18(12)21/h5-6,11-14,18H,2-4,7-10,21H2,1H3,(H,22,23). The van der Waals surface area contributed by atoms with Crippen molar-refractivity contribution in [2.45, 2.75) is 38.1 Å². The van der Waals surface area contributed by atoms with Crippen molar-refractivity contribution in [2.75, 3.05) is 25.6 Å². The van der Waals surface area contributed by atoms with Crippen molar-refractivity contribution < 1.29 is 18.7 Å². The summed E-state index contributed by atoms with van der Waals surface area (Å²) in [7, 11) is 1.56. The SMILES string of the molecule is COCCOc1ccc(NC(=O)C2CC3CCCC(C2)C3N)cc1F. The van der Waals surface area contributed by atoms with Crippen molar-refractivity contribution in [1.29, 1.82) is 0 Å². The maximum Gasteiger partial charge on any atom is 0.227 e. The summed E-state index contributed by atoms with van der Waals surface area (Å²) in [5.41, 5.74) is 6.74. The molecule has 2 unspecified atom stereocenters. The van der Waals surface area contributed by atoms with Crippen LogP contribution in [0.1, 0.15) is 32.1 Å². The predicted molar refractivity (Wildman–Crippen MR) is 93.9 cm³/mol. The van der Waals surface area contributed by atoms with E-state index < -0.39 is 5.82 Å². The third-order valence-corrected chi connectivity index (χ3v) is 5.53. The molecule has 1 aromatic carbocycles. The van der Waals surface area contributed by atoms with E-state index in [4.69, 9.17) is 15.2 Å². The second-order valence-corrected chi connectivity index (χ2v) is 7.17. The van der Waals surface area contributed by atoms with Gasteiger partial charge in [-0.25, -0.2) is 4.39 Å². The lowest BCUT2D eigenvalue weighted by atomic mass is 9.65. The van der Waals surface area contributed by atoms with Crippen LogP contribution in [0.25, 0.3) is 0 Å². The molecule has 2 aliphatic carbocycles. The van der Waals surface area contributed by atoms with Gasteiger partial charge in [0.1, 0.15) is 6.61 Å². The molecule has 25 heavy (non-hydrogen) atoms. The third kappa shape index (κ3) is 4.30. The van der Waals surface area contributed by atoms with E-state index in [1.54, 1.807) is 13.2 Å². The fourth-order valence-corrected chi connectivity index (χ4v) is 4.18. The van der Waals surface area contributed by atoms with Gasteiger partial charge in [-0.15, -0.1) is 0 Å². The number of hydrogen-bond donors (Lipinski definition) is 2. The van der Waals surface area contributed by atoms with Gasteiger partial charge in [0.15, 0.2) is 11.6 Å². The molecule has 0 saturated heterocycles. The Hall–Kier alpha value is -1.66. The molecule has 1 amide bonds. The van der Waals surface area contributed by atoms with Crippen LogP contribution in [0.15, 0.2) is 18.2 Å². The number of methoxy groups -OCH3 is 1. The van der Waals surface area contributed by atoms with Crippen molar-refractivity contribution in [3.05, 3.63) is 24.0 Å². The molecule has 138 valence electrons. The van der Waals surface area contributed by atoms with E-state index in [1.165, 1.54) is 18.6 Å². The molecule has 0 spiro atoms. The van der Waals surface area contributed by atoms with Crippen LogP contribution >= 0.6 is 0 Å². The Morgan fingerprint density at radius 3 is 2.64 bits per heavy atom. The second-order valence-electron chi connectivity index (χ2n) is 7.17. The van der Waals surface area contributed by atoms with E-state index in [2.05, 4.69) is 5.32 Å². The fraction of sp³-hybridized carbons (Fsp3) is 0.632. The monoisotopic (exact) mass is 350 g/mol. The predicted octanol–water partition coefficient (Wildman–Crippen LogP) is 2.94. The fourth-order valence-electron chi connectivity index (χ4n) is 4.18. The first-order valence-electron chi connectivity index (χ1n) is 9.06. The summed E-state index contributed by atoms with van der Waals surface area (Å²) >= 11 is 0. The number of halogens is 1. The van der Waals surface area contributed by atoms with Crippen molar-refractivity contribution >= 4 is 11.6 Å². The minimum absolute atomic E-state index is 0.0312. The van der Waals surface area contributed by atoms with Gasteiger partial charge in [0, 0.05) is 30.8 Å². The molecule has 0 aliphatic heterocycles. The van der Waals surface area contributed by atoms with Gasteiger partial charge in [-0.1, -0.05) is 6.42 Å². The van der Waals surface area contributed by atoms with E-state index in [0.29, 0.717) is 24.1 Å². The highest BCUT2D eigenvalue weighted by molar-refractivity contribution is 5.92. The molecule has 3 rings (SSSR count). The van der Waals surface area contributed by atoms with Gasteiger partial charge in [0.25, 0.3) is 0 Å². The highest BCUT2D eigenvalue weighted by Crippen LogP contribution is 2.42. The number of hydrogen-bond acceptors (Lipinski definition) is 4. The largest absolute Gasteiger partial charge is 0.488 e. The first-order chi connectivity index (χ1) is 12.1. The average Bonchev–Trinajstić information content (AvgIpc) is 2.56. The van der Waals surface area contributed by atoms with Gasteiger partial charge in [-0.2, -0.15) is 0 Å². The number of rotatable bonds is 6. The number of carbonyl (C=O) groups is 1. The van der Waals surface area contributed by atoms with Gasteiger partial charge in [-0.05, 0) is 49.7 Å². The number of anilines is 1. The summed E-state index contributed by atoms with van der Waals surface area (Å²) in [5.74, 6) is 0.491. The Morgan fingerprint density at radius 1 is 1.28 bits per heavy atom. The Morgan fingerprint density at radius 2 is 2.00 bits per heavy atom. The van der Waals surface area contributed by atoms with E-state index >= 15 is 0 Å². The quantitative estimate of drug-likeness (QED) is 0.774. The number of nitrogens with two attached hydrogens (primary N) is 1. The summed E-state index contributed by atoms with van der Waals surface area (Å²) in [4.78, 5) is 12.6. The zero-order chi connectivity index (χ0) is 17.8. The third-order valence-electron chi connectivity index (χ3n) is 5.53. The zero-order valence-electron chi connectivity index (χ0n) is 14.7. The van der Waals surface area contributed by atoms with E-state index in [1.807, 2.05) is 0 Å². The maximum absolute atomic E-state index is 14.1. The lowest BCUT2D eigenvalue weighted by Gasteiger charge is -2.43. The summed E-state index contributed by atoms with van der Waals surface area (Å²) in [6.07, 6.45) is 5.12. The number of carbonyl (C=O) groups excluding carboxylic acids is 1. The van der Waals surface area contributed by atoms with E-state index in [0.717, 1.165) is 25.7 Å². The van der Waals surface area contributed by atoms with Crippen LogP contribution in [-0.4, -0.2) is 32.3 Å². The summed E-state index contributed by atoms with van der Waals surface area (Å²) in [5, 5.41) is 2.85. The van der Waals surface area contributed by atoms with Gasteiger partial charge >= 0.3 is 0 Å². The Kier molecular flexibility index (Phi) is 5.91. The second kappa shape index (κ2) is 8.15. The van der Waals surface area contributed by atoms with Crippen molar-refractivity contribution in [3.8, 4) is 5.75 Å². The molecular weight excluding hydrogens is 323 g/mol. The Bertz CT molecular complexity index is 596. The van der Waals surface area contributed by atoms with E-state index in [9.17, 15) is 9.18 Å². The summed E-state index contributed by atoms with van der Waals surface area (Å²) in [6.45, 7) is 0.675. The minimum atomic E-state index is -0.489. The molecule has 2 atom stereocenters. The van der Waals surface area contributed by atoms with Crippen LogP contribution in [0.5, 0.6) is 5.75 Å². The molecule has 0 aromatic heterocycles. The molecule has 2 fully saturated rings. The van der Waals surface area contributed by atoms with Crippen LogP contribution < -0.4 is 15.8 Å². The number of nitrogens with one attached hydrogen (secondary N) is 1. The average molecular weight is 350 g/mol. The van der Waals surface area contributed by atoms with Crippen LogP contribution in [0, 0.1) is 23.6 Å². The van der Waals surface area contributed by atoms with Crippen molar-refractivity contribution in [1.82, 2.24) is 0 Å². The number of fused-ring (bicyclic) bond motifs is 2. The van der Waals surface area contributed by atoms with Gasteiger partial charge in [-0.3, -0.25) is 4.79 Å². The maximum atomic E-state index is 14.1. The lowest BCUT2D eigenvalue weighted by molar-refractivity contribution is -0.122. The molecule has 0 heterocycles. The molecular formula is C19H27FN2O3. The molecule has 1 aromatic rings. The minimum Gasteiger partial charge on any atom is -0.488 e. The Labute approximate surface area is 148 Å². The van der Waals surface area contributed by atoms with Crippen LogP contribution in [-0.2, 0) is 9.53 Å². The summed E-state index contributed by atoms with van der Waals surface area (Å²) < 4.78 is 24.2. The van der Waals surface area contributed by atoms with Crippen molar-refractivity contribution in [3.63, 3.8) is 0 Å². The van der Waals surface area contributed by atoms with Crippen LogP contribution in [0.4, 0.5) is 10.1 Å². The highest BCUT2D eigenvalue weighted by atomic mass is 19.1. The molecule has 6 heteroatoms. The van der Waals surface area contributed by atoms with Gasteiger partial charge < -0.3 is 20.5 Å². The number of ether oxygens (including phenoxy) is 2. The smallest absolute Gasteiger partial charge is 0.227 e. The van der Waals surface area contributed by atoms with E-state index in [-0.39, 0.29) is 30.2 Å². The van der Waals surface area contributed by atoms with Crippen LogP contribution in [0.2, 0.25) is 0 Å². The van der Waals surface area contributed by atoms with Gasteiger partial charge in [0.2, 0.25) is 5.91 Å². The molecule has 2 bridgehead atoms. The molecule has 2 aliphatic rings. The molecule has 0 radical (unpaired) electrons. The molecule has 2 saturated carbocycles. The topological polar surface area (TPSA) is 73.6 Å². The zero-order valence-corrected chi connectivity index (χ0v) is 14.7. The molecule has 3 N–H and O–H groups in total. The number of amides is 1. The summed E-state index contributed by atoms with van der Waals surface area (Å²) in [6, 6.07) is 4.74. The first-order valence-corrected chi connectivity index (χ1v) is 9.06. The van der Waals surface area contributed by atoms with Gasteiger partial charge in [0.05, 0.1) is 6.61 Å². The number of benzene rings is 1. The Balaban J connectivity index is 1.58. The normalized spacial score (nSPS) is 28.4. The van der Waals surface area contributed by atoms with Crippen molar-refractivity contribution in [2.24, 2.45) is 23.5 Å². The highest BCUT2D eigenvalue weighted by Gasteiger charge is 2.40. The molecule has 5 nitrogen and oxygen atoms in total. The lowest BCUT2D eigenvalue weighted by Crippen LogP contribution is -2.48.